The Bertz CT molecular complexity index is 670. The van der Waals surface area contributed by atoms with Gasteiger partial charge in [-0.1, -0.05) is 6.07 Å². The molecule has 0 unspecified atom stereocenters. The number of rotatable bonds is 8. The maximum Gasteiger partial charge on any atom is 0.315 e. The summed E-state index contributed by atoms with van der Waals surface area (Å²) in [4.78, 5) is 16.0. The van der Waals surface area contributed by atoms with Gasteiger partial charge in [0.2, 0.25) is 0 Å². The van der Waals surface area contributed by atoms with Gasteiger partial charge in [0.1, 0.15) is 5.82 Å². The average Bonchev–Trinajstić information content (AvgIpc) is 3.01. The number of aryl methyl sites for hydroxylation is 2. The van der Waals surface area contributed by atoms with Crippen LogP contribution in [0.15, 0.2) is 30.6 Å². The molecule has 0 radical (unpaired) electrons. The Morgan fingerprint density at radius 3 is 2.67 bits per heavy atom. The number of nitrogens with one attached hydrogen (secondary N) is 2. The van der Waals surface area contributed by atoms with Gasteiger partial charge in [-0.25, -0.2) is 9.78 Å². The number of hydrogen-bond donors (Lipinski definition) is 2. The Kier molecular flexibility index (Phi) is 6.48. The van der Waals surface area contributed by atoms with E-state index in [1.54, 1.807) is 20.4 Å². The summed E-state index contributed by atoms with van der Waals surface area (Å²) < 4.78 is 12.5. The molecule has 0 aliphatic carbocycles. The second kappa shape index (κ2) is 8.81. The van der Waals surface area contributed by atoms with Crippen molar-refractivity contribution < 1.29 is 14.3 Å². The first-order chi connectivity index (χ1) is 11.6. The normalized spacial score (nSPS) is 10.3. The van der Waals surface area contributed by atoms with Gasteiger partial charge in [0.25, 0.3) is 0 Å². The molecule has 130 valence electrons. The Labute approximate surface area is 142 Å². The van der Waals surface area contributed by atoms with E-state index >= 15 is 0 Å². The summed E-state index contributed by atoms with van der Waals surface area (Å²) >= 11 is 0. The molecular weight excluding hydrogens is 308 g/mol. The number of methoxy groups -OCH3 is 2. The summed E-state index contributed by atoms with van der Waals surface area (Å²) in [5.74, 6) is 2.29. The fourth-order valence-corrected chi connectivity index (χ4v) is 2.33. The molecule has 2 aromatic rings. The standard InChI is InChI=1S/C17H24N4O3/c1-13-18-8-10-21(13)9-4-7-19-17(22)20-12-14-5-6-15(23-2)16(11-14)24-3/h5-6,8,10-11H,4,7,9,12H2,1-3H3,(H2,19,20,22). The lowest BCUT2D eigenvalue weighted by molar-refractivity contribution is 0.240. The number of benzene rings is 1. The fraction of sp³-hybridized carbons (Fsp3) is 0.412. The van der Waals surface area contributed by atoms with E-state index < -0.39 is 0 Å². The summed E-state index contributed by atoms with van der Waals surface area (Å²) in [6, 6.07) is 5.37. The predicted molar refractivity (Wildman–Crippen MR) is 91.4 cm³/mol. The van der Waals surface area contributed by atoms with Gasteiger partial charge in [0.05, 0.1) is 14.2 Å². The van der Waals surface area contributed by atoms with Gasteiger partial charge in [0.15, 0.2) is 11.5 Å². The second-order valence-corrected chi connectivity index (χ2v) is 5.32. The van der Waals surface area contributed by atoms with E-state index in [4.69, 9.17) is 9.47 Å². The molecule has 2 amide bonds. The lowest BCUT2D eigenvalue weighted by Crippen LogP contribution is -2.35. The first-order valence-corrected chi connectivity index (χ1v) is 7.84. The minimum Gasteiger partial charge on any atom is -0.493 e. The third kappa shape index (κ3) is 4.91. The van der Waals surface area contributed by atoms with Crippen LogP contribution >= 0.6 is 0 Å². The molecule has 1 aromatic heterocycles. The summed E-state index contributed by atoms with van der Waals surface area (Å²) in [6.45, 7) is 3.83. The zero-order valence-corrected chi connectivity index (χ0v) is 14.3. The predicted octanol–water partition coefficient (Wildman–Crippen LogP) is 2.10. The topological polar surface area (TPSA) is 77.4 Å². The SMILES string of the molecule is COc1ccc(CNC(=O)NCCCn2ccnc2C)cc1OC. The van der Waals surface area contributed by atoms with Crippen molar-refractivity contribution in [2.24, 2.45) is 0 Å². The smallest absolute Gasteiger partial charge is 0.315 e. The number of carbonyl (C=O) groups is 1. The van der Waals surface area contributed by atoms with Crippen LogP contribution in [0.25, 0.3) is 0 Å². The molecule has 7 nitrogen and oxygen atoms in total. The molecule has 0 aliphatic heterocycles. The lowest BCUT2D eigenvalue weighted by atomic mass is 10.2. The van der Waals surface area contributed by atoms with Crippen LogP contribution in [0.3, 0.4) is 0 Å². The molecule has 24 heavy (non-hydrogen) atoms. The van der Waals surface area contributed by atoms with Crippen LogP contribution in [0.4, 0.5) is 4.79 Å². The molecule has 7 heteroatoms. The van der Waals surface area contributed by atoms with Gasteiger partial charge in [-0.2, -0.15) is 0 Å². The summed E-state index contributed by atoms with van der Waals surface area (Å²) in [5.41, 5.74) is 0.942. The van der Waals surface area contributed by atoms with Crippen LogP contribution < -0.4 is 20.1 Å². The van der Waals surface area contributed by atoms with Crippen LogP contribution in [0.1, 0.15) is 17.8 Å². The first-order valence-electron chi connectivity index (χ1n) is 7.84. The number of imidazole rings is 1. The number of ether oxygens (including phenoxy) is 2. The molecule has 0 fully saturated rings. The van der Waals surface area contributed by atoms with Crippen molar-refractivity contribution in [2.45, 2.75) is 26.4 Å². The summed E-state index contributed by atoms with van der Waals surface area (Å²) in [6.07, 6.45) is 4.56. The summed E-state index contributed by atoms with van der Waals surface area (Å²) in [7, 11) is 3.18. The quantitative estimate of drug-likeness (QED) is 0.726. The molecule has 0 bridgehead atoms. The van der Waals surface area contributed by atoms with Crippen molar-refractivity contribution in [1.82, 2.24) is 20.2 Å². The first kappa shape index (κ1) is 17.7. The minimum absolute atomic E-state index is 0.188. The van der Waals surface area contributed by atoms with Gasteiger partial charge >= 0.3 is 6.03 Å². The van der Waals surface area contributed by atoms with Gasteiger partial charge in [-0.05, 0) is 31.0 Å². The van der Waals surface area contributed by atoms with Crippen molar-refractivity contribution in [3.05, 3.63) is 42.0 Å². The van der Waals surface area contributed by atoms with E-state index in [2.05, 4.69) is 20.2 Å². The Morgan fingerprint density at radius 2 is 2.00 bits per heavy atom. The van der Waals surface area contributed by atoms with Gasteiger partial charge in [-0.3, -0.25) is 0 Å². The highest BCUT2D eigenvalue weighted by Crippen LogP contribution is 2.27. The molecule has 0 saturated heterocycles. The fourth-order valence-electron chi connectivity index (χ4n) is 2.33. The molecule has 2 N–H and O–H groups in total. The van der Waals surface area contributed by atoms with Crippen molar-refractivity contribution in [3.8, 4) is 11.5 Å². The van der Waals surface area contributed by atoms with Crippen LogP contribution in [-0.2, 0) is 13.1 Å². The van der Waals surface area contributed by atoms with Crippen LogP contribution in [0.2, 0.25) is 0 Å². The van der Waals surface area contributed by atoms with Gasteiger partial charge in [-0.15, -0.1) is 0 Å². The number of hydrogen-bond acceptors (Lipinski definition) is 4. The highest BCUT2D eigenvalue weighted by molar-refractivity contribution is 5.73. The summed E-state index contributed by atoms with van der Waals surface area (Å²) in [5, 5.41) is 5.67. The van der Waals surface area contributed by atoms with Gasteiger partial charge < -0.3 is 24.7 Å². The van der Waals surface area contributed by atoms with Crippen LogP contribution in [-0.4, -0.2) is 36.3 Å². The molecule has 2 rings (SSSR count). The van der Waals surface area contributed by atoms with E-state index in [0.717, 1.165) is 24.4 Å². The number of carbonyl (C=O) groups excluding carboxylic acids is 1. The molecule has 1 aromatic carbocycles. The number of aromatic nitrogens is 2. The monoisotopic (exact) mass is 332 g/mol. The Morgan fingerprint density at radius 1 is 1.21 bits per heavy atom. The minimum atomic E-state index is -0.188. The van der Waals surface area contributed by atoms with Crippen molar-refractivity contribution >= 4 is 6.03 Å². The molecule has 0 spiro atoms. The van der Waals surface area contributed by atoms with E-state index in [9.17, 15) is 4.79 Å². The maximum absolute atomic E-state index is 11.8. The second-order valence-electron chi connectivity index (χ2n) is 5.32. The number of urea groups is 1. The third-order valence-electron chi connectivity index (χ3n) is 3.69. The van der Waals surface area contributed by atoms with E-state index in [-0.39, 0.29) is 6.03 Å². The molecular formula is C17H24N4O3. The van der Waals surface area contributed by atoms with Crippen molar-refractivity contribution in [3.63, 3.8) is 0 Å². The van der Waals surface area contributed by atoms with Crippen LogP contribution in [0, 0.1) is 6.92 Å². The highest BCUT2D eigenvalue weighted by atomic mass is 16.5. The molecule has 0 aliphatic rings. The average molecular weight is 332 g/mol. The van der Waals surface area contributed by atoms with E-state index in [0.29, 0.717) is 24.6 Å². The van der Waals surface area contributed by atoms with Crippen LogP contribution in [0.5, 0.6) is 11.5 Å². The zero-order chi connectivity index (χ0) is 17.4. The Hall–Kier alpha value is -2.70. The van der Waals surface area contributed by atoms with Crippen molar-refractivity contribution in [2.75, 3.05) is 20.8 Å². The number of nitrogens with zero attached hydrogens (tertiary/aromatic N) is 2. The zero-order valence-electron chi connectivity index (χ0n) is 14.3. The van der Waals surface area contributed by atoms with Crippen molar-refractivity contribution in [1.29, 1.82) is 0 Å². The Balaban J connectivity index is 1.70. The van der Waals surface area contributed by atoms with Gasteiger partial charge in [0, 0.05) is 32.0 Å². The maximum atomic E-state index is 11.8. The third-order valence-corrected chi connectivity index (χ3v) is 3.69. The van der Waals surface area contributed by atoms with E-state index in [1.807, 2.05) is 31.3 Å². The molecule has 1 heterocycles. The largest absolute Gasteiger partial charge is 0.493 e. The molecule has 0 saturated carbocycles. The lowest BCUT2D eigenvalue weighted by Gasteiger charge is -2.11. The molecule has 0 atom stereocenters. The number of amides is 2. The van der Waals surface area contributed by atoms with E-state index in [1.165, 1.54) is 0 Å². The highest BCUT2D eigenvalue weighted by Gasteiger charge is 2.06.